The van der Waals surface area contributed by atoms with E-state index in [4.69, 9.17) is 11.6 Å². The number of halogens is 2. The first kappa shape index (κ1) is 15.1. The average molecular weight is 311 g/mol. The summed E-state index contributed by atoms with van der Waals surface area (Å²) in [5.41, 5.74) is 0.980. The van der Waals surface area contributed by atoms with E-state index in [0.29, 0.717) is 0 Å². The molecule has 4 heteroatoms. The Morgan fingerprint density at radius 2 is 1.67 bits per heavy atom. The standard InChI is InChI=1S/C17H24ClFN2/c18-15-13-14(7-8-16(15)19)20-17(9-3-1-4-10-17)21-11-5-2-6-12-21/h7-8,13,20H,1-6,9-12H2. The molecule has 0 bridgehead atoms. The van der Waals surface area contributed by atoms with E-state index in [1.807, 2.05) is 6.07 Å². The van der Waals surface area contributed by atoms with E-state index >= 15 is 0 Å². The fraction of sp³-hybridized carbons (Fsp3) is 0.647. The van der Waals surface area contributed by atoms with Gasteiger partial charge in [-0.05, 0) is 56.7 Å². The van der Waals surface area contributed by atoms with Crippen LogP contribution >= 0.6 is 11.6 Å². The molecular formula is C17H24ClFN2. The molecule has 1 N–H and O–H groups in total. The van der Waals surface area contributed by atoms with Crippen molar-refractivity contribution in [2.75, 3.05) is 18.4 Å². The van der Waals surface area contributed by atoms with Gasteiger partial charge in [0.2, 0.25) is 0 Å². The van der Waals surface area contributed by atoms with Crippen LogP contribution in [0.5, 0.6) is 0 Å². The maximum atomic E-state index is 13.4. The lowest BCUT2D eigenvalue weighted by atomic mass is 9.86. The van der Waals surface area contributed by atoms with Crippen LogP contribution in [0.2, 0.25) is 5.02 Å². The van der Waals surface area contributed by atoms with Crippen LogP contribution in [-0.2, 0) is 0 Å². The molecule has 1 saturated heterocycles. The number of hydrogen-bond donors (Lipinski definition) is 1. The van der Waals surface area contributed by atoms with E-state index in [-0.39, 0.29) is 16.5 Å². The van der Waals surface area contributed by atoms with E-state index in [1.54, 1.807) is 6.07 Å². The highest BCUT2D eigenvalue weighted by Crippen LogP contribution is 2.37. The Morgan fingerprint density at radius 3 is 2.33 bits per heavy atom. The van der Waals surface area contributed by atoms with Gasteiger partial charge in [-0.25, -0.2) is 4.39 Å². The zero-order chi connectivity index (χ0) is 14.7. The number of piperidine rings is 1. The molecule has 2 nitrogen and oxygen atoms in total. The Morgan fingerprint density at radius 1 is 1.00 bits per heavy atom. The topological polar surface area (TPSA) is 15.3 Å². The van der Waals surface area contributed by atoms with Crippen molar-refractivity contribution in [1.29, 1.82) is 0 Å². The molecule has 1 aliphatic heterocycles. The molecule has 1 aliphatic carbocycles. The summed E-state index contributed by atoms with van der Waals surface area (Å²) in [7, 11) is 0. The van der Waals surface area contributed by atoms with Crippen molar-refractivity contribution in [3.05, 3.63) is 29.0 Å². The van der Waals surface area contributed by atoms with Gasteiger partial charge in [0.05, 0.1) is 10.7 Å². The molecular weight excluding hydrogens is 287 g/mol. The van der Waals surface area contributed by atoms with Gasteiger partial charge in [-0.2, -0.15) is 0 Å². The Hall–Kier alpha value is -0.800. The summed E-state index contributed by atoms with van der Waals surface area (Å²) < 4.78 is 13.4. The maximum Gasteiger partial charge on any atom is 0.141 e. The third kappa shape index (κ3) is 3.35. The lowest BCUT2D eigenvalue weighted by Gasteiger charge is -2.49. The van der Waals surface area contributed by atoms with Gasteiger partial charge in [0.25, 0.3) is 0 Å². The molecule has 0 radical (unpaired) electrons. The number of nitrogens with one attached hydrogen (secondary N) is 1. The fourth-order valence-electron chi connectivity index (χ4n) is 3.82. The Labute approximate surface area is 131 Å². The van der Waals surface area contributed by atoms with Crippen LogP contribution in [0.25, 0.3) is 0 Å². The molecule has 0 spiro atoms. The van der Waals surface area contributed by atoms with E-state index in [0.717, 1.165) is 5.69 Å². The second kappa shape index (κ2) is 6.53. The van der Waals surface area contributed by atoms with E-state index < -0.39 is 0 Å². The number of likely N-dealkylation sites (tertiary alicyclic amines) is 1. The quantitative estimate of drug-likeness (QED) is 0.841. The van der Waals surface area contributed by atoms with Crippen molar-refractivity contribution in [3.63, 3.8) is 0 Å². The minimum atomic E-state index is -0.349. The second-order valence-electron chi connectivity index (χ2n) is 6.39. The van der Waals surface area contributed by atoms with Crippen LogP contribution in [0.1, 0.15) is 51.4 Å². The molecule has 1 saturated carbocycles. The molecule has 0 amide bonds. The van der Waals surface area contributed by atoms with E-state index in [2.05, 4.69) is 10.2 Å². The zero-order valence-corrected chi connectivity index (χ0v) is 13.3. The predicted molar refractivity (Wildman–Crippen MR) is 86.3 cm³/mol. The van der Waals surface area contributed by atoms with Crippen LogP contribution in [0.3, 0.4) is 0 Å². The van der Waals surface area contributed by atoms with Crippen molar-refractivity contribution in [2.24, 2.45) is 0 Å². The minimum absolute atomic E-state index is 0.0415. The Kier molecular flexibility index (Phi) is 4.70. The highest BCUT2D eigenvalue weighted by molar-refractivity contribution is 6.31. The first-order chi connectivity index (χ1) is 10.2. The monoisotopic (exact) mass is 310 g/mol. The molecule has 21 heavy (non-hydrogen) atoms. The van der Waals surface area contributed by atoms with Crippen LogP contribution in [-0.4, -0.2) is 23.7 Å². The maximum absolute atomic E-state index is 13.4. The highest BCUT2D eigenvalue weighted by atomic mass is 35.5. The summed E-state index contributed by atoms with van der Waals surface area (Å²) in [6.07, 6.45) is 10.1. The number of hydrogen-bond acceptors (Lipinski definition) is 2. The first-order valence-corrected chi connectivity index (χ1v) is 8.56. The summed E-state index contributed by atoms with van der Waals surface area (Å²) in [5.74, 6) is -0.349. The van der Waals surface area contributed by atoms with E-state index in [1.165, 1.54) is 70.5 Å². The number of benzene rings is 1. The summed E-state index contributed by atoms with van der Waals surface area (Å²) in [6, 6.07) is 4.98. The van der Waals surface area contributed by atoms with E-state index in [9.17, 15) is 4.39 Å². The smallest absolute Gasteiger partial charge is 0.141 e. The summed E-state index contributed by atoms with van der Waals surface area (Å²) >= 11 is 5.93. The van der Waals surface area contributed by atoms with Gasteiger partial charge in [-0.15, -0.1) is 0 Å². The Bertz CT molecular complexity index is 480. The van der Waals surface area contributed by atoms with Crippen LogP contribution in [0, 0.1) is 5.82 Å². The third-order valence-electron chi connectivity index (χ3n) is 4.94. The largest absolute Gasteiger partial charge is 0.367 e. The third-order valence-corrected chi connectivity index (χ3v) is 5.23. The summed E-state index contributed by atoms with van der Waals surface area (Å²) in [4.78, 5) is 2.62. The molecule has 2 fully saturated rings. The number of anilines is 1. The Balaban J connectivity index is 1.82. The van der Waals surface area contributed by atoms with Gasteiger partial charge >= 0.3 is 0 Å². The minimum Gasteiger partial charge on any atom is -0.367 e. The van der Waals surface area contributed by atoms with Crippen molar-refractivity contribution in [1.82, 2.24) is 4.90 Å². The van der Waals surface area contributed by atoms with Crippen molar-refractivity contribution < 1.29 is 4.39 Å². The molecule has 0 aromatic heterocycles. The van der Waals surface area contributed by atoms with Crippen molar-refractivity contribution >= 4 is 17.3 Å². The van der Waals surface area contributed by atoms with Gasteiger partial charge in [-0.1, -0.05) is 24.4 Å². The first-order valence-electron chi connectivity index (χ1n) is 8.18. The van der Waals surface area contributed by atoms with Gasteiger partial charge in [0, 0.05) is 18.8 Å². The average Bonchev–Trinajstić information content (AvgIpc) is 2.53. The molecule has 116 valence electrons. The van der Waals surface area contributed by atoms with Gasteiger partial charge in [0.1, 0.15) is 5.82 Å². The molecule has 1 heterocycles. The molecule has 1 aromatic carbocycles. The lowest BCUT2D eigenvalue weighted by molar-refractivity contribution is 0.0560. The van der Waals surface area contributed by atoms with Gasteiger partial charge < -0.3 is 5.32 Å². The normalized spacial score (nSPS) is 23.0. The lowest BCUT2D eigenvalue weighted by Crippen LogP contribution is -2.57. The molecule has 1 aromatic rings. The number of nitrogens with zero attached hydrogens (tertiary/aromatic N) is 1. The highest BCUT2D eigenvalue weighted by Gasteiger charge is 2.38. The molecule has 2 aliphatic rings. The molecule has 0 unspecified atom stereocenters. The van der Waals surface area contributed by atoms with Crippen LogP contribution in [0.15, 0.2) is 18.2 Å². The van der Waals surface area contributed by atoms with Crippen molar-refractivity contribution in [2.45, 2.75) is 57.0 Å². The van der Waals surface area contributed by atoms with Crippen LogP contribution < -0.4 is 5.32 Å². The zero-order valence-electron chi connectivity index (χ0n) is 12.5. The van der Waals surface area contributed by atoms with Gasteiger partial charge in [-0.3, -0.25) is 4.90 Å². The summed E-state index contributed by atoms with van der Waals surface area (Å²) in [6.45, 7) is 2.34. The number of rotatable bonds is 3. The van der Waals surface area contributed by atoms with Gasteiger partial charge in [0.15, 0.2) is 0 Å². The SMILES string of the molecule is Fc1ccc(NC2(N3CCCCC3)CCCCC2)cc1Cl. The molecule has 3 rings (SSSR count). The van der Waals surface area contributed by atoms with Crippen LogP contribution in [0.4, 0.5) is 10.1 Å². The fourth-order valence-corrected chi connectivity index (χ4v) is 4.00. The summed E-state index contributed by atoms with van der Waals surface area (Å²) in [5, 5.41) is 3.91. The van der Waals surface area contributed by atoms with Crippen molar-refractivity contribution in [3.8, 4) is 0 Å². The molecule has 0 atom stereocenters. The second-order valence-corrected chi connectivity index (χ2v) is 6.80. The predicted octanol–water partition coefficient (Wildman–Crippen LogP) is 5.04.